The van der Waals surface area contributed by atoms with Crippen molar-refractivity contribution in [3.8, 4) is 17.2 Å². The number of amides is 1. The van der Waals surface area contributed by atoms with Crippen LogP contribution in [0, 0.1) is 0 Å². The Hall–Kier alpha value is -3.22. The summed E-state index contributed by atoms with van der Waals surface area (Å²) in [4.78, 5) is 12.2. The van der Waals surface area contributed by atoms with E-state index in [9.17, 15) is 9.90 Å². The van der Waals surface area contributed by atoms with Crippen molar-refractivity contribution in [1.29, 1.82) is 0 Å². The van der Waals surface area contributed by atoms with Crippen LogP contribution in [-0.2, 0) is 6.61 Å². The average Bonchev–Trinajstić information content (AvgIpc) is 2.74. The molecule has 0 aromatic heterocycles. The second-order valence-corrected chi connectivity index (χ2v) is 7.02. The fraction of sp³-hybridized carbons (Fsp3) is 0.0909. The van der Waals surface area contributed by atoms with E-state index < -0.39 is 0 Å². The number of aromatic hydroxyl groups is 1. The van der Waals surface area contributed by atoms with Crippen LogP contribution in [0.1, 0.15) is 21.5 Å². The van der Waals surface area contributed by atoms with Gasteiger partial charge in [-0.15, -0.1) is 0 Å². The first-order valence-corrected chi connectivity index (χ1v) is 9.59. The Morgan fingerprint density at radius 3 is 2.57 bits per heavy atom. The highest BCUT2D eigenvalue weighted by Gasteiger charge is 2.06. The molecule has 8 heteroatoms. The average molecular weight is 445 g/mol. The molecule has 0 saturated heterocycles. The van der Waals surface area contributed by atoms with Gasteiger partial charge in [-0.3, -0.25) is 4.79 Å². The number of phenolic OH excluding ortho intramolecular Hbond substituents is 1. The molecular formula is C22H18Cl2N2O4. The predicted octanol–water partition coefficient (Wildman–Crippen LogP) is 5.05. The van der Waals surface area contributed by atoms with E-state index in [0.717, 1.165) is 5.56 Å². The van der Waals surface area contributed by atoms with Gasteiger partial charge in [0.05, 0.1) is 13.3 Å². The van der Waals surface area contributed by atoms with Crippen molar-refractivity contribution in [2.45, 2.75) is 6.61 Å². The van der Waals surface area contributed by atoms with Crippen LogP contribution in [0.25, 0.3) is 0 Å². The molecule has 30 heavy (non-hydrogen) atoms. The van der Waals surface area contributed by atoms with Gasteiger partial charge in [-0.05, 0) is 60.2 Å². The Morgan fingerprint density at radius 2 is 1.87 bits per heavy atom. The minimum atomic E-state index is -0.371. The van der Waals surface area contributed by atoms with E-state index in [1.54, 1.807) is 54.6 Å². The SMILES string of the molecule is COc1cc(/C=N/NC(=O)c2ccc(OCc3ccc(Cl)cc3Cl)cc2)ccc1O. The number of hydrogen-bond donors (Lipinski definition) is 2. The molecule has 2 N–H and O–H groups in total. The topological polar surface area (TPSA) is 80.2 Å². The molecule has 0 radical (unpaired) electrons. The highest BCUT2D eigenvalue weighted by molar-refractivity contribution is 6.35. The molecule has 3 aromatic carbocycles. The molecule has 0 heterocycles. The molecule has 3 rings (SSSR count). The Labute approximate surface area is 183 Å². The molecule has 0 fully saturated rings. The second kappa shape index (κ2) is 10.0. The van der Waals surface area contributed by atoms with E-state index >= 15 is 0 Å². The number of halogens is 2. The summed E-state index contributed by atoms with van der Waals surface area (Å²) >= 11 is 12.0. The van der Waals surface area contributed by atoms with E-state index in [-0.39, 0.29) is 18.3 Å². The summed E-state index contributed by atoms with van der Waals surface area (Å²) in [5.41, 5.74) is 4.34. The van der Waals surface area contributed by atoms with Crippen molar-refractivity contribution in [3.63, 3.8) is 0 Å². The fourth-order valence-electron chi connectivity index (χ4n) is 2.51. The molecule has 0 unspecified atom stereocenters. The number of nitrogens with zero attached hydrogens (tertiary/aromatic N) is 1. The summed E-state index contributed by atoms with van der Waals surface area (Å²) in [5.74, 6) is 0.571. The lowest BCUT2D eigenvalue weighted by Gasteiger charge is -2.08. The van der Waals surface area contributed by atoms with Gasteiger partial charge in [0.15, 0.2) is 11.5 Å². The molecule has 6 nitrogen and oxygen atoms in total. The number of carbonyl (C=O) groups excluding carboxylic acids is 1. The van der Waals surface area contributed by atoms with Crippen molar-refractivity contribution < 1.29 is 19.4 Å². The first-order valence-electron chi connectivity index (χ1n) is 8.83. The number of carbonyl (C=O) groups is 1. The van der Waals surface area contributed by atoms with Crippen LogP contribution in [0.3, 0.4) is 0 Å². The number of rotatable bonds is 7. The molecule has 3 aromatic rings. The quantitative estimate of drug-likeness (QED) is 0.394. The number of hydrogen-bond acceptors (Lipinski definition) is 5. The van der Waals surface area contributed by atoms with Crippen LogP contribution in [0.2, 0.25) is 10.0 Å². The zero-order valence-electron chi connectivity index (χ0n) is 15.9. The standard InChI is InChI=1S/C22H18Cl2N2O4/c1-29-21-10-14(2-9-20(21)27)12-25-26-22(28)15-4-7-18(8-5-15)30-13-16-3-6-17(23)11-19(16)24/h2-12,27H,13H2,1H3,(H,26,28)/b25-12+. The maximum absolute atomic E-state index is 12.2. The van der Waals surface area contributed by atoms with Crippen LogP contribution >= 0.6 is 23.2 Å². The van der Waals surface area contributed by atoms with Gasteiger partial charge in [0, 0.05) is 21.2 Å². The van der Waals surface area contributed by atoms with Crippen LogP contribution in [0.15, 0.2) is 65.8 Å². The highest BCUT2D eigenvalue weighted by atomic mass is 35.5. The van der Waals surface area contributed by atoms with Crippen LogP contribution in [0.4, 0.5) is 0 Å². The maximum Gasteiger partial charge on any atom is 0.271 e. The lowest BCUT2D eigenvalue weighted by Crippen LogP contribution is -2.17. The molecule has 0 saturated carbocycles. The van der Waals surface area contributed by atoms with Crippen molar-refractivity contribution in [2.75, 3.05) is 7.11 Å². The van der Waals surface area contributed by atoms with Gasteiger partial charge in [0.25, 0.3) is 5.91 Å². The van der Waals surface area contributed by atoms with E-state index in [0.29, 0.717) is 32.7 Å². The summed E-state index contributed by atoms with van der Waals surface area (Å²) in [6, 6.07) is 16.6. The van der Waals surface area contributed by atoms with Crippen molar-refractivity contribution in [1.82, 2.24) is 5.43 Å². The zero-order valence-corrected chi connectivity index (χ0v) is 17.4. The third-order valence-corrected chi connectivity index (χ3v) is 4.70. The van der Waals surface area contributed by atoms with E-state index in [1.165, 1.54) is 19.4 Å². The Bertz CT molecular complexity index is 1070. The summed E-state index contributed by atoms with van der Waals surface area (Å²) < 4.78 is 10.7. The maximum atomic E-state index is 12.2. The Morgan fingerprint density at radius 1 is 1.10 bits per heavy atom. The van der Waals surface area contributed by atoms with Gasteiger partial charge < -0.3 is 14.6 Å². The number of nitrogens with one attached hydrogen (secondary N) is 1. The molecule has 154 valence electrons. The van der Waals surface area contributed by atoms with E-state index in [1.807, 2.05) is 0 Å². The number of phenols is 1. The molecule has 0 atom stereocenters. The largest absolute Gasteiger partial charge is 0.504 e. The minimum absolute atomic E-state index is 0.0272. The van der Waals surface area contributed by atoms with Gasteiger partial charge >= 0.3 is 0 Å². The first kappa shape index (κ1) is 21.5. The van der Waals surface area contributed by atoms with Gasteiger partial charge in [0.2, 0.25) is 0 Å². The summed E-state index contributed by atoms with van der Waals surface area (Å²) in [5, 5.41) is 14.6. The van der Waals surface area contributed by atoms with Crippen LogP contribution in [-0.4, -0.2) is 24.3 Å². The zero-order chi connectivity index (χ0) is 21.5. The van der Waals surface area contributed by atoms with Crippen LogP contribution in [0.5, 0.6) is 17.2 Å². The molecule has 0 bridgehead atoms. The Balaban J connectivity index is 1.55. The molecular weight excluding hydrogens is 427 g/mol. The van der Waals surface area contributed by atoms with Gasteiger partial charge in [-0.1, -0.05) is 29.3 Å². The summed E-state index contributed by atoms with van der Waals surface area (Å²) in [6.45, 7) is 0.280. The molecule has 1 amide bonds. The fourth-order valence-corrected chi connectivity index (χ4v) is 2.97. The molecule has 0 aliphatic heterocycles. The third-order valence-electron chi connectivity index (χ3n) is 4.11. The normalized spacial score (nSPS) is 10.8. The summed E-state index contributed by atoms with van der Waals surface area (Å²) in [7, 11) is 1.45. The molecule has 0 aliphatic carbocycles. The monoisotopic (exact) mass is 444 g/mol. The van der Waals surface area contributed by atoms with Crippen molar-refractivity contribution >= 4 is 35.3 Å². The number of methoxy groups -OCH3 is 1. The van der Waals surface area contributed by atoms with Crippen molar-refractivity contribution in [2.24, 2.45) is 5.10 Å². The van der Waals surface area contributed by atoms with Gasteiger partial charge in [-0.2, -0.15) is 5.10 Å². The first-order chi connectivity index (χ1) is 14.5. The summed E-state index contributed by atoms with van der Waals surface area (Å²) in [6.07, 6.45) is 1.45. The molecule has 0 aliphatic rings. The number of ether oxygens (including phenoxy) is 2. The number of benzene rings is 3. The predicted molar refractivity (Wildman–Crippen MR) is 117 cm³/mol. The van der Waals surface area contributed by atoms with Crippen LogP contribution < -0.4 is 14.9 Å². The highest BCUT2D eigenvalue weighted by Crippen LogP contribution is 2.25. The second-order valence-electron chi connectivity index (χ2n) is 6.18. The van der Waals surface area contributed by atoms with Crippen molar-refractivity contribution in [3.05, 3.63) is 87.4 Å². The van der Waals surface area contributed by atoms with Gasteiger partial charge in [-0.25, -0.2) is 5.43 Å². The lowest BCUT2D eigenvalue weighted by atomic mass is 10.2. The smallest absolute Gasteiger partial charge is 0.271 e. The molecule has 0 spiro atoms. The van der Waals surface area contributed by atoms with E-state index in [2.05, 4.69) is 10.5 Å². The third kappa shape index (κ3) is 5.65. The number of hydrazone groups is 1. The van der Waals surface area contributed by atoms with E-state index in [4.69, 9.17) is 32.7 Å². The minimum Gasteiger partial charge on any atom is -0.504 e. The van der Waals surface area contributed by atoms with Gasteiger partial charge in [0.1, 0.15) is 12.4 Å². The Kier molecular flexibility index (Phi) is 7.17. The lowest BCUT2D eigenvalue weighted by molar-refractivity contribution is 0.0955.